The molecule has 11 heavy (non-hydrogen) atoms. The monoisotopic (exact) mass is 170 g/mol. The quantitative estimate of drug-likeness (QED) is 0.608. The van der Waals surface area contributed by atoms with Gasteiger partial charge in [0.15, 0.2) is 11.2 Å². The van der Waals surface area contributed by atoms with Gasteiger partial charge in [-0.2, -0.15) is 0 Å². The molecule has 0 N–H and O–H groups in total. The molecule has 0 saturated carbocycles. The van der Waals surface area contributed by atoms with E-state index in [2.05, 4.69) is 8.83 Å². The number of hydrogen-bond donors (Lipinski definition) is 0. The highest BCUT2D eigenvalue weighted by Crippen LogP contribution is 2.21. The minimum Gasteiger partial charge on any atom is -0.391 e. The molecule has 0 bridgehead atoms. The second-order valence-electron chi connectivity index (χ2n) is 2.02. The van der Waals surface area contributed by atoms with Crippen molar-refractivity contribution in [2.75, 3.05) is 0 Å². The summed E-state index contributed by atoms with van der Waals surface area (Å²) in [5.41, 5.74) is 0.682. The first kappa shape index (κ1) is 6.49. The molecule has 0 amide bonds. The maximum absolute atomic E-state index is 10.5. The van der Waals surface area contributed by atoms with Gasteiger partial charge < -0.3 is 8.83 Å². The van der Waals surface area contributed by atoms with Crippen molar-refractivity contribution < 1.29 is 8.83 Å². The van der Waals surface area contributed by atoms with Crippen molar-refractivity contribution in [1.82, 2.24) is 0 Å². The average Bonchev–Trinajstić information content (AvgIpc) is 2.31. The molecule has 3 nitrogen and oxygen atoms in total. The van der Waals surface area contributed by atoms with Gasteiger partial charge in [-0.05, 0) is 12.1 Å². The first-order chi connectivity index (χ1) is 5.27. The van der Waals surface area contributed by atoms with Crippen LogP contribution < -0.4 is 5.82 Å². The minimum absolute atomic E-state index is 0.305. The second kappa shape index (κ2) is 2.13. The zero-order valence-electron chi connectivity index (χ0n) is 5.33. The van der Waals surface area contributed by atoms with E-state index in [9.17, 15) is 4.79 Å². The summed E-state index contributed by atoms with van der Waals surface area (Å²) in [6, 6.07) is 4.93. The molecule has 0 saturated heterocycles. The highest BCUT2D eigenvalue weighted by molar-refractivity contribution is 6.34. The minimum atomic E-state index is -0.729. The van der Waals surface area contributed by atoms with E-state index in [0.717, 1.165) is 0 Å². The predicted octanol–water partition coefficient (Wildman–Crippen LogP) is 2.04. The van der Waals surface area contributed by atoms with Crippen molar-refractivity contribution >= 4 is 22.8 Å². The third-order valence-electron chi connectivity index (χ3n) is 1.31. The topological polar surface area (TPSA) is 43.4 Å². The van der Waals surface area contributed by atoms with E-state index in [4.69, 9.17) is 11.6 Å². The Hall–Kier alpha value is -1.22. The fourth-order valence-corrected chi connectivity index (χ4v) is 1.07. The molecule has 2 aromatic rings. The van der Waals surface area contributed by atoms with Crippen LogP contribution in [0.1, 0.15) is 0 Å². The van der Waals surface area contributed by atoms with Crippen LogP contribution in [-0.2, 0) is 0 Å². The maximum atomic E-state index is 10.5. The smallest absolute Gasteiger partial charge is 0.391 e. The van der Waals surface area contributed by atoms with Gasteiger partial charge in [0, 0.05) is 0 Å². The third-order valence-corrected chi connectivity index (χ3v) is 1.61. The largest absolute Gasteiger partial charge is 0.519 e. The van der Waals surface area contributed by atoms with Gasteiger partial charge in [-0.3, -0.25) is 0 Å². The zero-order chi connectivity index (χ0) is 7.84. The number of fused-ring (bicyclic) bond motifs is 1. The summed E-state index contributed by atoms with van der Waals surface area (Å²) >= 11 is 5.68. The molecule has 0 unspecified atom stereocenters. The molecule has 0 aliphatic rings. The third kappa shape index (κ3) is 0.935. The van der Waals surface area contributed by atoms with Crippen molar-refractivity contribution in [3.8, 4) is 0 Å². The van der Waals surface area contributed by atoms with E-state index < -0.39 is 5.82 Å². The molecule has 0 atom stereocenters. The summed E-state index contributed by atoms with van der Waals surface area (Å²) in [4.78, 5) is 10.5. The molecular weight excluding hydrogens is 168 g/mol. The molecule has 1 heterocycles. The molecule has 4 heteroatoms. The molecule has 2 rings (SSSR count). The predicted molar refractivity (Wildman–Crippen MR) is 39.8 cm³/mol. The normalized spacial score (nSPS) is 10.6. The molecule has 0 aliphatic carbocycles. The lowest BCUT2D eigenvalue weighted by Gasteiger charge is -1.85. The van der Waals surface area contributed by atoms with Gasteiger partial charge in [-0.15, -0.1) is 0 Å². The molecular formula is C7H3ClO3. The Morgan fingerprint density at radius 2 is 2.09 bits per heavy atom. The standard InChI is InChI=1S/C7H3ClO3/c8-4-2-1-3-5-6(4)11-7(9)10-5/h1-3H. The molecule has 0 aliphatic heterocycles. The van der Waals surface area contributed by atoms with E-state index in [-0.39, 0.29) is 0 Å². The van der Waals surface area contributed by atoms with Gasteiger partial charge in [0.25, 0.3) is 0 Å². The summed E-state index contributed by atoms with van der Waals surface area (Å²) in [7, 11) is 0. The van der Waals surface area contributed by atoms with Crippen molar-refractivity contribution in [2.24, 2.45) is 0 Å². The molecule has 1 aromatic heterocycles. The van der Waals surface area contributed by atoms with Crippen LogP contribution in [0.5, 0.6) is 0 Å². The van der Waals surface area contributed by atoms with Crippen molar-refractivity contribution in [2.45, 2.75) is 0 Å². The summed E-state index contributed by atoms with van der Waals surface area (Å²) < 4.78 is 9.29. The van der Waals surface area contributed by atoms with Crippen LogP contribution in [-0.4, -0.2) is 0 Å². The Balaban J connectivity index is 3.01. The van der Waals surface area contributed by atoms with Gasteiger partial charge in [-0.25, -0.2) is 4.79 Å². The van der Waals surface area contributed by atoms with Crippen LogP contribution in [0, 0.1) is 0 Å². The lowest BCUT2D eigenvalue weighted by molar-refractivity contribution is 0.409. The Labute approximate surface area is 66.2 Å². The summed E-state index contributed by atoms with van der Waals surface area (Å²) in [6.45, 7) is 0. The van der Waals surface area contributed by atoms with E-state index in [0.29, 0.717) is 16.2 Å². The number of para-hydroxylation sites is 1. The zero-order valence-corrected chi connectivity index (χ0v) is 6.09. The van der Waals surface area contributed by atoms with E-state index in [1.807, 2.05) is 0 Å². The van der Waals surface area contributed by atoms with Crippen LogP contribution in [0.25, 0.3) is 11.2 Å². The van der Waals surface area contributed by atoms with Gasteiger partial charge in [-0.1, -0.05) is 17.7 Å². The van der Waals surface area contributed by atoms with Crippen LogP contribution in [0.15, 0.2) is 31.8 Å². The lowest BCUT2D eigenvalue weighted by atomic mass is 10.3. The van der Waals surface area contributed by atoms with E-state index in [1.165, 1.54) is 0 Å². The van der Waals surface area contributed by atoms with E-state index in [1.54, 1.807) is 18.2 Å². The van der Waals surface area contributed by atoms with Crippen molar-refractivity contribution in [1.29, 1.82) is 0 Å². The average molecular weight is 171 g/mol. The Kier molecular flexibility index (Phi) is 1.26. The van der Waals surface area contributed by atoms with Crippen molar-refractivity contribution in [3.05, 3.63) is 33.8 Å². The summed E-state index contributed by atoms with van der Waals surface area (Å²) in [5, 5.41) is 0.383. The number of hydrogen-bond acceptors (Lipinski definition) is 3. The van der Waals surface area contributed by atoms with Crippen LogP contribution >= 0.6 is 11.6 Å². The summed E-state index contributed by atoms with van der Waals surface area (Å²) in [6.07, 6.45) is 0. The van der Waals surface area contributed by atoms with Crippen molar-refractivity contribution in [3.63, 3.8) is 0 Å². The number of halogens is 1. The van der Waals surface area contributed by atoms with Crippen LogP contribution in [0.2, 0.25) is 5.02 Å². The Morgan fingerprint density at radius 1 is 1.27 bits per heavy atom. The fourth-order valence-electron chi connectivity index (χ4n) is 0.862. The lowest BCUT2D eigenvalue weighted by Crippen LogP contribution is -1.84. The highest BCUT2D eigenvalue weighted by atomic mass is 35.5. The fraction of sp³-hybridized carbons (Fsp3) is 0. The van der Waals surface area contributed by atoms with Gasteiger partial charge in [0.1, 0.15) is 0 Å². The molecule has 56 valence electrons. The van der Waals surface area contributed by atoms with Crippen LogP contribution in [0.4, 0.5) is 0 Å². The maximum Gasteiger partial charge on any atom is 0.519 e. The van der Waals surface area contributed by atoms with E-state index >= 15 is 0 Å². The van der Waals surface area contributed by atoms with Gasteiger partial charge in [0.2, 0.25) is 0 Å². The molecule has 0 fully saturated rings. The summed E-state index contributed by atoms with van der Waals surface area (Å²) in [5.74, 6) is -0.729. The SMILES string of the molecule is O=c1oc2cccc(Cl)c2o1. The molecule has 0 spiro atoms. The molecule has 0 radical (unpaired) electrons. The Bertz CT molecular complexity index is 440. The van der Waals surface area contributed by atoms with Gasteiger partial charge in [0.05, 0.1) is 5.02 Å². The second-order valence-corrected chi connectivity index (χ2v) is 2.43. The van der Waals surface area contributed by atoms with Gasteiger partial charge >= 0.3 is 5.82 Å². The molecule has 1 aromatic carbocycles. The van der Waals surface area contributed by atoms with Crippen LogP contribution in [0.3, 0.4) is 0 Å². The first-order valence-electron chi connectivity index (χ1n) is 2.95. The number of rotatable bonds is 0. The highest BCUT2D eigenvalue weighted by Gasteiger charge is 2.05. The first-order valence-corrected chi connectivity index (χ1v) is 3.33. The Morgan fingerprint density at radius 3 is 2.82 bits per heavy atom. The number of benzene rings is 1.